The molecule has 2 aromatic carbocycles. The fourth-order valence-corrected chi connectivity index (χ4v) is 2.77. The van der Waals surface area contributed by atoms with E-state index in [-0.39, 0.29) is 5.43 Å². The van der Waals surface area contributed by atoms with Gasteiger partial charge >= 0.3 is 0 Å². The Morgan fingerprint density at radius 2 is 1.89 bits per heavy atom. The fourth-order valence-electron chi connectivity index (χ4n) is 2.77. The summed E-state index contributed by atoms with van der Waals surface area (Å²) in [6, 6.07) is 11.2. The first kappa shape index (κ1) is 10.3. The zero-order valence-electron chi connectivity index (χ0n) is 10.3. The van der Waals surface area contributed by atoms with E-state index >= 15 is 0 Å². The van der Waals surface area contributed by atoms with Crippen molar-refractivity contribution >= 4 is 32.9 Å². The lowest BCUT2D eigenvalue weighted by Crippen LogP contribution is -2.09. The molecule has 0 aliphatic carbocycles. The van der Waals surface area contributed by atoms with Gasteiger partial charge in [-0.2, -0.15) is 5.10 Å². The van der Waals surface area contributed by atoms with Crippen LogP contribution in [0.3, 0.4) is 0 Å². The number of nitrogens with two attached hydrogens (primary N) is 1. The number of pyridine rings is 1. The molecule has 4 nitrogen and oxygen atoms in total. The van der Waals surface area contributed by atoms with Crippen LogP contribution in [0, 0.1) is 6.92 Å². The molecule has 0 amide bonds. The van der Waals surface area contributed by atoms with Crippen molar-refractivity contribution in [2.24, 2.45) is 0 Å². The quantitative estimate of drug-likeness (QED) is 0.384. The largest absolute Gasteiger partial charge is 0.398 e. The molecule has 4 heteroatoms. The molecule has 0 aliphatic heterocycles. The summed E-state index contributed by atoms with van der Waals surface area (Å²) < 4.78 is 1.83. The van der Waals surface area contributed by atoms with Gasteiger partial charge in [-0.15, -0.1) is 0 Å². The van der Waals surface area contributed by atoms with Crippen molar-refractivity contribution in [3.05, 3.63) is 52.3 Å². The van der Waals surface area contributed by atoms with Crippen molar-refractivity contribution < 1.29 is 0 Å². The van der Waals surface area contributed by atoms with E-state index in [4.69, 9.17) is 5.73 Å². The summed E-state index contributed by atoms with van der Waals surface area (Å²) in [5.74, 6) is 0. The first-order valence-corrected chi connectivity index (χ1v) is 6.10. The van der Waals surface area contributed by atoms with Crippen LogP contribution in [0.25, 0.3) is 27.2 Å². The minimum Gasteiger partial charge on any atom is -0.398 e. The van der Waals surface area contributed by atoms with Gasteiger partial charge in [0.25, 0.3) is 0 Å². The number of anilines is 1. The van der Waals surface area contributed by atoms with Crippen LogP contribution in [0.2, 0.25) is 0 Å². The molecule has 19 heavy (non-hydrogen) atoms. The minimum absolute atomic E-state index is 0.0221. The second kappa shape index (κ2) is 3.23. The average molecular weight is 249 g/mol. The highest BCUT2D eigenvalue weighted by molar-refractivity contribution is 6.07. The molecule has 0 bridgehead atoms. The van der Waals surface area contributed by atoms with Gasteiger partial charge in [-0.1, -0.05) is 12.1 Å². The third-order valence-electron chi connectivity index (χ3n) is 3.67. The van der Waals surface area contributed by atoms with Crippen LogP contribution in [0.1, 0.15) is 5.69 Å². The minimum atomic E-state index is -0.0221. The molecule has 0 spiro atoms. The number of nitrogens with zero attached hydrogens (tertiary/aromatic N) is 2. The topological polar surface area (TPSA) is 60.4 Å². The number of hydrogen-bond acceptors (Lipinski definition) is 3. The number of nitrogen functional groups attached to an aromatic ring is 1. The van der Waals surface area contributed by atoms with Gasteiger partial charge in [-0.25, -0.2) is 4.52 Å². The zero-order chi connectivity index (χ0) is 13.1. The van der Waals surface area contributed by atoms with Crippen LogP contribution in [-0.4, -0.2) is 9.61 Å². The van der Waals surface area contributed by atoms with Gasteiger partial charge < -0.3 is 5.73 Å². The number of hydrogen-bond donors (Lipinski definition) is 1. The molecular weight excluding hydrogens is 238 g/mol. The van der Waals surface area contributed by atoms with Gasteiger partial charge in [-0.3, -0.25) is 4.79 Å². The van der Waals surface area contributed by atoms with Crippen LogP contribution in [0.4, 0.5) is 5.69 Å². The highest BCUT2D eigenvalue weighted by Crippen LogP contribution is 2.28. The zero-order valence-corrected chi connectivity index (χ0v) is 10.3. The monoisotopic (exact) mass is 249 g/mol. The molecule has 0 unspecified atom stereocenters. The van der Waals surface area contributed by atoms with Crippen molar-refractivity contribution in [3.63, 3.8) is 0 Å². The van der Waals surface area contributed by atoms with Crippen LogP contribution in [-0.2, 0) is 0 Å². The molecule has 0 radical (unpaired) electrons. The predicted molar refractivity (Wildman–Crippen MR) is 76.8 cm³/mol. The fraction of sp³-hybridized carbons (Fsp3) is 0.0667. The van der Waals surface area contributed by atoms with Crippen molar-refractivity contribution in [2.75, 3.05) is 5.73 Å². The Kier molecular flexibility index (Phi) is 1.75. The molecular formula is C15H11N3O. The summed E-state index contributed by atoms with van der Waals surface area (Å²) in [6.07, 6.45) is 0. The lowest BCUT2D eigenvalue weighted by molar-refractivity contribution is 0.974. The molecule has 0 aliphatic rings. The van der Waals surface area contributed by atoms with E-state index in [0.29, 0.717) is 16.5 Å². The molecule has 2 heterocycles. The van der Waals surface area contributed by atoms with E-state index < -0.39 is 0 Å². The Bertz CT molecular complexity index is 1000. The second-order valence-corrected chi connectivity index (χ2v) is 4.77. The Morgan fingerprint density at radius 3 is 2.74 bits per heavy atom. The van der Waals surface area contributed by atoms with Gasteiger partial charge in [0.1, 0.15) is 0 Å². The second-order valence-electron chi connectivity index (χ2n) is 4.77. The van der Waals surface area contributed by atoms with E-state index in [1.54, 1.807) is 6.07 Å². The summed E-state index contributed by atoms with van der Waals surface area (Å²) in [6.45, 7) is 1.94. The molecule has 0 fully saturated rings. The molecule has 0 saturated heterocycles. The SMILES string of the molecule is Cc1nn2c3ccccc3c(=O)c3c(N)ccc1c32. The van der Waals surface area contributed by atoms with Gasteiger partial charge in [-0.05, 0) is 31.2 Å². The standard InChI is InChI=1S/C15H11N3O/c1-8-9-6-7-11(16)13-14(9)18(17-8)12-5-3-2-4-10(12)15(13)19/h2-7H,16H2,1H3. The predicted octanol–water partition coefficient (Wildman–Crippen LogP) is 2.33. The first-order valence-electron chi connectivity index (χ1n) is 6.10. The van der Waals surface area contributed by atoms with E-state index in [9.17, 15) is 4.79 Å². The van der Waals surface area contributed by atoms with E-state index in [2.05, 4.69) is 5.10 Å². The third kappa shape index (κ3) is 1.13. The normalized spacial score (nSPS) is 11.8. The maximum Gasteiger partial charge on any atom is 0.199 e. The maximum absolute atomic E-state index is 12.6. The van der Waals surface area contributed by atoms with Gasteiger partial charge in [0.05, 0.1) is 22.1 Å². The molecule has 4 rings (SSSR count). The summed E-state index contributed by atoms with van der Waals surface area (Å²) in [5.41, 5.74) is 9.03. The third-order valence-corrected chi connectivity index (χ3v) is 3.67. The Hall–Kier alpha value is -2.62. The number of para-hydroxylation sites is 1. The van der Waals surface area contributed by atoms with Crippen molar-refractivity contribution in [1.29, 1.82) is 0 Å². The molecule has 0 saturated carbocycles. The average Bonchev–Trinajstić information content (AvgIpc) is 2.75. The first-order chi connectivity index (χ1) is 9.18. The van der Waals surface area contributed by atoms with Gasteiger partial charge in [0, 0.05) is 16.5 Å². The highest BCUT2D eigenvalue weighted by atomic mass is 16.1. The van der Waals surface area contributed by atoms with Crippen LogP contribution in [0.5, 0.6) is 0 Å². The van der Waals surface area contributed by atoms with Crippen molar-refractivity contribution in [3.8, 4) is 0 Å². The Labute approximate surface area is 108 Å². The van der Waals surface area contributed by atoms with Crippen LogP contribution >= 0.6 is 0 Å². The summed E-state index contributed by atoms with van der Waals surface area (Å²) in [4.78, 5) is 12.6. The van der Waals surface area contributed by atoms with Crippen molar-refractivity contribution in [1.82, 2.24) is 9.61 Å². The number of aromatic nitrogens is 2. The summed E-state index contributed by atoms with van der Waals surface area (Å²) in [5, 5.41) is 6.74. The smallest absolute Gasteiger partial charge is 0.199 e. The van der Waals surface area contributed by atoms with E-state index in [0.717, 1.165) is 22.1 Å². The maximum atomic E-state index is 12.6. The molecule has 92 valence electrons. The number of rotatable bonds is 0. The molecule has 2 aromatic heterocycles. The number of benzene rings is 2. The van der Waals surface area contributed by atoms with Gasteiger partial charge in [0.15, 0.2) is 5.43 Å². The molecule has 2 N–H and O–H groups in total. The lowest BCUT2D eigenvalue weighted by atomic mass is 10.1. The molecule has 0 atom stereocenters. The molecule has 4 aromatic rings. The van der Waals surface area contributed by atoms with Crippen LogP contribution < -0.4 is 11.2 Å². The van der Waals surface area contributed by atoms with E-state index in [1.165, 1.54) is 0 Å². The summed E-state index contributed by atoms with van der Waals surface area (Å²) >= 11 is 0. The van der Waals surface area contributed by atoms with E-state index in [1.807, 2.05) is 41.8 Å². The van der Waals surface area contributed by atoms with Crippen LogP contribution in [0.15, 0.2) is 41.2 Å². The number of aryl methyl sites for hydroxylation is 1. The summed E-state index contributed by atoms with van der Waals surface area (Å²) in [7, 11) is 0. The number of fused-ring (bicyclic) bond motifs is 2. The van der Waals surface area contributed by atoms with Gasteiger partial charge in [0.2, 0.25) is 0 Å². The lowest BCUT2D eigenvalue weighted by Gasteiger charge is -2.06. The Balaban J connectivity index is 2.53. The Morgan fingerprint density at radius 1 is 1.11 bits per heavy atom. The highest BCUT2D eigenvalue weighted by Gasteiger charge is 2.16. The van der Waals surface area contributed by atoms with Crippen molar-refractivity contribution in [2.45, 2.75) is 6.92 Å².